The van der Waals surface area contributed by atoms with Crippen LogP contribution in [0.2, 0.25) is 0 Å². The van der Waals surface area contributed by atoms with Crippen molar-refractivity contribution in [3.8, 4) is 16.8 Å². The van der Waals surface area contributed by atoms with Crippen molar-refractivity contribution in [1.82, 2.24) is 9.58 Å². The summed E-state index contributed by atoms with van der Waals surface area (Å²) in [4.78, 5) is 24.2. The zero-order valence-electron chi connectivity index (χ0n) is 19.3. The number of rotatable bonds is 8. The van der Waals surface area contributed by atoms with Gasteiger partial charge in [0.05, 0.1) is 30.9 Å². The number of ether oxygens (including phenoxy) is 2. The average Bonchev–Trinajstić information content (AvgIpc) is 3.33. The smallest absolute Gasteiger partial charge is 0.355 e. The summed E-state index contributed by atoms with van der Waals surface area (Å²) in [6.45, 7) is 5.58. The molecule has 1 aromatic heterocycles. The second kappa shape index (κ2) is 10.5. The molecule has 178 valence electrons. The third-order valence-electron chi connectivity index (χ3n) is 5.80. The van der Waals surface area contributed by atoms with Crippen LogP contribution in [0.5, 0.6) is 0 Å². The highest BCUT2D eigenvalue weighted by Crippen LogP contribution is 2.33. The Morgan fingerprint density at radius 1 is 1.12 bits per heavy atom. The van der Waals surface area contributed by atoms with Crippen molar-refractivity contribution < 1.29 is 19.2 Å². The molecule has 0 aliphatic carbocycles. The van der Waals surface area contributed by atoms with E-state index in [1.807, 2.05) is 30.3 Å². The summed E-state index contributed by atoms with van der Waals surface area (Å²) >= 11 is 0. The Labute approximate surface area is 198 Å². The number of benzene rings is 2. The van der Waals surface area contributed by atoms with Gasteiger partial charge in [0.1, 0.15) is 11.4 Å². The normalized spacial score (nSPS) is 14.1. The summed E-state index contributed by atoms with van der Waals surface area (Å²) in [5.41, 5.74) is 2.90. The lowest BCUT2D eigenvalue weighted by Gasteiger charge is -2.39. The van der Waals surface area contributed by atoms with Crippen LogP contribution in [0.25, 0.3) is 16.8 Å². The molecule has 2 heterocycles. The van der Waals surface area contributed by atoms with Crippen molar-refractivity contribution in [2.75, 3.05) is 45.0 Å². The minimum Gasteiger partial charge on any atom is -0.464 e. The highest BCUT2D eigenvalue weighted by atomic mass is 16.6. The molecule has 2 aromatic carbocycles. The molecule has 0 N–H and O–H groups in total. The summed E-state index contributed by atoms with van der Waals surface area (Å²) in [6.07, 6.45) is 2.64. The van der Waals surface area contributed by atoms with Crippen molar-refractivity contribution in [2.45, 2.75) is 13.3 Å². The fourth-order valence-electron chi connectivity index (χ4n) is 4.17. The number of hydrogen-bond acceptors (Lipinski definition) is 7. The maximum atomic E-state index is 12.7. The van der Waals surface area contributed by atoms with E-state index in [-0.39, 0.29) is 11.4 Å². The first-order valence-electron chi connectivity index (χ1n) is 11.3. The number of esters is 1. The fourth-order valence-corrected chi connectivity index (χ4v) is 4.17. The van der Waals surface area contributed by atoms with Crippen LogP contribution in [0, 0.1) is 10.1 Å². The predicted octanol–water partition coefficient (Wildman–Crippen LogP) is 4.30. The number of hydrazine groups is 1. The molecule has 34 heavy (non-hydrogen) atoms. The predicted molar refractivity (Wildman–Crippen MR) is 129 cm³/mol. The van der Waals surface area contributed by atoms with Crippen LogP contribution in [0.1, 0.15) is 23.8 Å². The second-order valence-corrected chi connectivity index (χ2v) is 7.96. The van der Waals surface area contributed by atoms with Gasteiger partial charge >= 0.3 is 5.97 Å². The molecular formula is C25H28N4O5. The van der Waals surface area contributed by atoms with E-state index in [1.54, 1.807) is 29.0 Å². The molecule has 0 unspecified atom stereocenters. The van der Waals surface area contributed by atoms with Crippen molar-refractivity contribution in [1.29, 1.82) is 0 Å². The van der Waals surface area contributed by atoms with Crippen molar-refractivity contribution in [2.24, 2.45) is 0 Å². The molecule has 9 nitrogen and oxygen atoms in total. The Bertz CT molecular complexity index is 1160. The lowest BCUT2D eigenvalue weighted by Crippen LogP contribution is -2.49. The molecule has 1 fully saturated rings. The Morgan fingerprint density at radius 3 is 2.50 bits per heavy atom. The number of nitrogens with zero attached hydrogens (tertiary/aromatic N) is 4. The molecule has 4 rings (SSSR count). The Kier molecular flexibility index (Phi) is 7.24. The third kappa shape index (κ3) is 4.80. The first-order chi connectivity index (χ1) is 16.5. The molecule has 3 aromatic rings. The number of anilines is 1. The van der Waals surface area contributed by atoms with E-state index in [4.69, 9.17) is 9.47 Å². The number of morpholine rings is 1. The minimum absolute atomic E-state index is 0.0949. The van der Waals surface area contributed by atoms with E-state index < -0.39 is 10.9 Å². The summed E-state index contributed by atoms with van der Waals surface area (Å²) in [5, 5.41) is 16.3. The molecule has 0 saturated carbocycles. The summed E-state index contributed by atoms with van der Waals surface area (Å²) in [6, 6.07) is 16.3. The lowest BCUT2D eigenvalue weighted by molar-refractivity contribution is -0.384. The number of nitro benzene ring substituents is 1. The van der Waals surface area contributed by atoms with Gasteiger partial charge in [0.15, 0.2) is 0 Å². The number of carbonyl (C=O) groups excluding carboxylic acids is 1. The molecule has 0 radical (unpaired) electrons. The molecular weight excluding hydrogens is 436 g/mol. The molecule has 1 saturated heterocycles. The molecule has 1 aliphatic heterocycles. The largest absolute Gasteiger partial charge is 0.464 e. The van der Waals surface area contributed by atoms with E-state index in [0.717, 1.165) is 42.9 Å². The van der Waals surface area contributed by atoms with Crippen molar-refractivity contribution in [3.63, 3.8) is 0 Å². The molecule has 0 spiro atoms. The van der Waals surface area contributed by atoms with Gasteiger partial charge < -0.3 is 19.0 Å². The quantitative estimate of drug-likeness (QED) is 0.279. The van der Waals surface area contributed by atoms with Crippen LogP contribution in [0.15, 0.2) is 60.8 Å². The first kappa shape index (κ1) is 23.5. The van der Waals surface area contributed by atoms with E-state index in [0.29, 0.717) is 18.9 Å². The second-order valence-electron chi connectivity index (χ2n) is 7.96. The zero-order valence-corrected chi connectivity index (χ0v) is 19.3. The van der Waals surface area contributed by atoms with Gasteiger partial charge in [-0.3, -0.25) is 10.1 Å². The topological polar surface area (TPSA) is 90.1 Å². The molecule has 0 bridgehead atoms. The van der Waals surface area contributed by atoms with Crippen LogP contribution >= 0.6 is 0 Å². The van der Waals surface area contributed by atoms with Gasteiger partial charge in [-0.15, -0.1) is 0 Å². The minimum atomic E-state index is -0.569. The van der Waals surface area contributed by atoms with Crippen molar-refractivity contribution in [3.05, 3.63) is 76.6 Å². The van der Waals surface area contributed by atoms with E-state index in [1.165, 1.54) is 13.2 Å². The standard InChI is InChI=1S/C25H28N4O5/c1-3-11-28(26-12-14-34-15-13-26)21-9-10-22(29(31)32)23(17-21)27-18-20(16-24(27)25(30)33-2)19-7-5-4-6-8-19/h4-10,16-18H,3,11-15H2,1-2H3. The van der Waals surface area contributed by atoms with Gasteiger partial charge in [-0.25, -0.2) is 9.80 Å². The zero-order chi connectivity index (χ0) is 24.1. The lowest BCUT2D eigenvalue weighted by atomic mass is 10.1. The third-order valence-corrected chi connectivity index (χ3v) is 5.80. The molecule has 9 heteroatoms. The van der Waals surface area contributed by atoms with Gasteiger partial charge in [-0.05, 0) is 30.2 Å². The van der Waals surface area contributed by atoms with E-state index in [9.17, 15) is 14.9 Å². The van der Waals surface area contributed by atoms with Gasteiger partial charge in [-0.2, -0.15) is 0 Å². The van der Waals surface area contributed by atoms with Gasteiger partial charge in [0, 0.05) is 37.5 Å². The van der Waals surface area contributed by atoms with Crippen LogP contribution < -0.4 is 5.01 Å². The van der Waals surface area contributed by atoms with Crippen molar-refractivity contribution >= 4 is 17.3 Å². The van der Waals surface area contributed by atoms with Gasteiger partial charge in [0.2, 0.25) is 0 Å². The van der Waals surface area contributed by atoms with Gasteiger partial charge in [0.25, 0.3) is 5.69 Å². The average molecular weight is 465 g/mol. The summed E-state index contributed by atoms with van der Waals surface area (Å²) < 4.78 is 12.0. The number of methoxy groups -OCH3 is 1. The Hall–Kier alpha value is -3.69. The maximum absolute atomic E-state index is 12.7. The van der Waals surface area contributed by atoms with E-state index in [2.05, 4.69) is 16.9 Å². The van der Waals surface area contributed by atoms with Crippen LogP contribution in [-0.2, 0) is 9.47 Å². The molecule has 1 aliphatic rings. The monoisotopic (exact) mass is 464 g/mol. The molecule has 0 amide bonds. The highest BCUT2D eigenvalue weighted by Gasteiger charge is 2.25. The SMILES string of the molecule is CCCN(c1ccc([N+](=O)[O-])c(-n2cc(-c3ccccc3)cc2C(=O)OC)c1)N1CCOCC1. The van der Waals surface area contributed by atoms with Crippen LogP contribution in [0.3, 0.4) is 0 Å². The number of nitro groups is 1. The first-order valence-corrected chi connectivity index (χ1v) is 11.3. The van der Waals surface area contributed by atoms with Crippen LogP contribution in [-0.4, -0.2) is 60.4 Å². The van der Waals surface area contributed by atoms with E-state index >= 15 is 0 Å². The Morgan fingerprint density at radius 2 is 1.85 bits per heavy atom. The number of hydrogen-bond donors (Lipinski definition) is 0. The fraction of sp³-hybridized carbons (Fsp3) is 0.320. The Balaban J connectivity index is 1.86. The number of aromatic nitrogens is 1. The highest BCUT2D eigenvalue weighted by molar-refractivity contribution is 5.91. The van der Waals surface area contributed by atoms with Crippen LogP contribution in [0.4, 0.5) is 11.4 Å². The summed E-state index contributed by atoms with van der Waals surface area (Å²) in [7, 11) is 1.30. The number of carbonyl (C=O) groups is 1. The van der Waals surface area contributed by atoms with Gasteiger partial charge in [-0.1, -0.05) is 37.3 Å². The summed E-state index contributed by atoms with van der Waals surface area (Å²) in [5.74, 6) is -0.569. The maximum Gasteiger partial charge on any atom is 0.355 e. The molecule has 0 atom stereocenters.